The summed E-state index contributed by atoms with van der Waals surface area (Å²) in [6, 6.07) is 33.1. The highest BCUT2D eigenvalue weighted by Crippen LogP contribution is 2.43. The summed E-state index contributed by atoms with van der Waals surface area (Å²) in [5.74, 6) is 2.15. The molecule has 17 nitrogen and oxygen atoms in total. The fourth-order valence-corrected chi connectivity index (χ4v) is 12.7. The van der Waals surface area contributed by atoms with Crippen LogP contribution in [-0.4, -0.2) is 123 Å². The number of tetrazole rings is 1. The third-order valence-electron chi connectivity index (χ3n) is 12.9. The fourth-order valence-electron chi connectivity index (χ4n) is 8.94. The second kappa shape index (κ2) is 22.3. The van der Waals surface area contributed by atoms with Crippen molar-refractivity contribution in [2.45, 2.75) is 106 Å². The first-order chi connectivity index (χ1) is 35.2. The monoisotopic (exact) mass is 1050 g/mol. The van der Waals surface area contributed by atoms with Crippen molar-refractivity contribution in [3.05, 3.63) is 131 Å². The Hall–Kier alpha value is -6.83. The number of methoxy groups -OCH3 is 3. The lowest BCUT2D eigenvalue weighted by Gasteiger charge is -2.39. The highest BCUT2D eigenvalue weighted by Gasteiger charge is 2.42. The first kappa shape index (κ1) is 53.5. The van der Waals surface area contributed by atoms with Crippen molar-refractivity contribution in [3.63, 3.8) is 0 Å². The van der Waals surface area contributed by atoms with E-state index in [0.717, 1.165) is 24.0 Å². The van der Waals surface area contributed by atoms with Gasteiger partial charge in [-0.3, -0.25) is 4.21 Å². The van der Waals surface area contributed by atoms with Gasteiger partial charge in [0.25, 0.3) is 0 Å². The Kier molecular flexibility index (Phi) is 16.1. The molecular formula is C55H65N7O10S2. The van der Waals surface area contributed by atoms with Crippen LogP contribution in [0.1, 0.15) is 82.6 Å². The lowest BCUT2D eigenvalue weighted by atomic mass is 9.88. The van der Waals surface area contributed by atoms with Crippen molar-refractivity contribution >= 4 is 33.0 Å². The first-order valence-corrected chi connectivity index (χ1v) is 27.2. The van der Waals surface area contributed by atoms with E-state index in [1.165, 1.54) is 9.21 Å². The molecule has 0 bridgehead atoms. The Morgan fingerprint density at radius 3 is 1.64 bits per heavy atom. The molecule has 74 heavy (non-hydrogen) atoms. The number of ether oxygens (including phenoxy) is 5. The molecule has 2 aliphatic rings. The summed E-state index contributed by atoms with van der Waals surface area (Å²) in [7, 11) is -1.99. The largest absolute Gasteiger partial charge is 0.497 e. The number of carbonyl (C=O) groups is 2. The summed E-state index contributed by atoms with van der Waals surface area (Å²) in [4.78, 5) is 29.1. The molecule has 0 aliphatic carbocycles. The van der Waals surface area contributed by atoms with E-state index in [2.05, 4.69) is 15.5 Å². The van der Waals surface area contributed by atoms with Crippen molar-refractivity contribution in [1.29, 1.82) is 0 Å². The molecule has 392 valence electrons. The highest BCUT2D eigenvalue weighted by atomic mass is 32.2. The van der Waals surface area contributed by atoms with Crippen molar-refractivity contribution < 1.29 is 45.9 Å². The van der Waals surface area contributed by atoms with Crippen LogP contribution in [0.5, 0.6) is 17.2 Å². The Balaban J connectivity index is 1.28. The molecular weight excluding hydrogens is 983 g/mol. The number of likely N-dealkylation sites (tertiary alicyclic amines) is 2. The number of hydrogen-bond acceptors (Lipinski definition) is 13. The van der Waals surface area contributed by atoms with Crippen LogP contribution in [0, 0.1) is 0 Å². The van der Waals surface area contributed by atoms with E-state index in [0.29, 0.717) is 52.6 Å². The number of aromatic nitrogens is 4. The number of rotatable bonds is 16. The molecule has 5 aromatic carbocycles. The predicted octanol–water partition coefficient (Wildman–Crippen LogP) is 9.31. The van der Waals surface area contributed by atoms with Crippen molar-refractivity contribution in [2.24, 2.45) is 0 Å². The second-order valence-corrected chi connectivity index (χ2v) is 24.0. The summed E-state index contributed by atoms with van der Waals surface area (Å²) in [5.41, 5.74) is 3.18. The van der Waals surface area contributed by atoms with Gasteiger partial charge in [-0.15, -0.1) is 5.10 Å². The maximum Gasteiger partial charge on any atom is 0.410 e. The van der Waals surface area contributed by atoms with Gasteiger partial charge in [-0.05, 0) is 147 Å². The van der Waals surface area contributed by atoms with Gasteiger partial charge in [0.2, 0.25) is 10.0 Å². The number of hydrogen-bond donors (Lipinski definition) is 0. The molecule has 0 saturated carbocycles. The summed E-state index contributed by atoms with van der Waals surface area (Å²) < 4.78 is 78.5. The number of sulfonamides is 1. The summed E-state index contributed by atoms with van der Waals surface area (Å²) >= 11 is 0. The Labute approximate surface area is 436 Å². The molecule has 2 saturated heterocycles. The fraction of sp³-hybridized carbons (Fsp3) is 0.400. The highest BCUT2D eigenvalue weighted by molar-refractivity contribution is 7.91. The standard InChI is InChI=1S/C55H65N7O10S2/c1-54(2,3)71-52(63)59-30-28-41(29-31-59)40-16-18-42(19-17-40)47-26-27-48(73(65)46-35-60(36-46)53(64)72-55(4,5)6)50(49(47)51-56-57-58-62(51)34-39-14-24-45(70-9)25-15-39)74(66,67)61(32-37-10-20-43(68-7)21-11-37)33-38-12-22-44(69-8)23-13-38/h10-27,41,46H,28-36H2,1-9H3. The quantitative estimate of drug-likeness (QED) is 0.0894. The first-order valence-electron chi connectivity index (χ1n) is 24.5. The number of benzene rings is 5. The van der Waals surface area contributed by atoms with E-state index in [1.54, 1.807) is 88.1 Å². The molecule has 6 aromatic rings. The number of nitrogens with zero attached hydrogens (tertiary/aromatic N) is 7. The van der Waals surface area contributed by atoms with E-state index in [4.69, 9.17) is 23.7 Å². The molecule has 0 N–H and O–H groups in total. The van der Waals surface area contributed by atoms with Gasteiger partial charge in [-0.1, -0.05) is 66.7 Å². The average molecular weight is 1050 g/mol. The molecule has 3 heterocycles. The van der Waals surface area contributed by atoms with E-state index >= 15 is 12.6 Å². The van der Waals surface area contributed by atoms with Gasteiger partial charge in [0.05, 0.1) is 54.4 Å². The minimum atomic E-state index is -4.71. The zero-order valence-electron chi connectivity index (χ0n) is 43.4. The zero-order valence-corrected chi connectivity index (χ0v) is 45.1. The van der Waals surface area contributed by atoms with Gasteiger partial charge in [0.1, 0.15) is 33.3 Å². The van der Waals surface area contributed by atoms with E-state index in [9.17, 15) is 9.59 Å². The van der Waals surface area contributed by atoms with E-state index in [1.807, 2.05) is 93.6 Å². The predicted molar refractivity (Wildman–Crippen MR) is 281 cm³/mol. The normalized spacial score (nSPS) is 15.1. The van der Waals surface area contributed by atoms with Gasteiger partial charge >= 0.3 is 12.2 Å². The molecule has 2 aliphatic heterocycles. The van der Waals surface area contributed by atoms with Gasteiger partial charge in [0.15, 0.2) is 5.82 Å². The summed E-state index contributed by atoms with van der Waals surface area (Å²) in [5, 5.41) is 12.5. The third kappa shape index (κ3) is 12.6. The molecule has 1 atom stereocenters. The van der Waals surface area contributed by atoms with Crippen LogP contribution in [0.15, 0.2) is 119 Å². The maximum absolute atomic E-state index is 16.4. The second-order valence-electron chi connectivity index (χ2n) is 20.5. The third-order valence-corrected chi connectivity index (χ3v) is 16.5. The maximum atomic E-state index is 16.4. The van der Waals surface area contributed by atoms with Gasteiger partial charge in [-0.2, -0.15) is 4.31 Å². The molecule has 2 amide bonds. The number of carbonyl (C=O) groups excluding carboxylic acids is 2. The van der Waals surface area contributed by atoms with Crippen LogP contribution in [0.4, 0.5) is 9.59 Å². The number of amides is 2. The minimum Gasteiger partial charge on any atom is -0.497 e. The van der Waals surface area contributed by atoms with Gasteiger partial charge < -0.3 is 33.5 Å². The van der Waals surface area contributed by atoms with E-state index in [-0.39, 0.29) is 65.9 Å². The van der Waals surface area contributed by atoms with E-state index < -0.39 is 43.4 Å². The smallest absolute Gasteiger partial charge is 0.410 e. The summed E-state index contributed by atoms with van der Waals surface area (Å²) in [6.07, 6.45) is 0.594. The van der Waals surface area contributed by atoms with Crippen LogP contribution in [0.3, 0.4) is 0 Å². The number of piperidine rings is 1. The van der Waals surface area contributed by atoms with Crippen LogP contribution >= 0.6 is 0 Å². The van der Waals surface area contributed by atoms with Crippen LogP contribution < -0.4 is 14.2 Å². The molecule has 2 fully saturated rings. The van der Waals surface area contributed by atoms with Crippen molar-refractivity contribution in [1.82, 2.24) is 34.3 Å². The zero-order chi connectivity index (χ0) is 53.0. The Morgan fingerprint density at radius 2 is 1.15 bits per heavy atom. The molecule has 8 rings (SSSR count). The van der Waals surface area contributed by atoms with Crippen LogP contribution in [-0.2, 0) is 49.9 Å². The average Bonchev–Trinajstić information content (AvgIpc) is 3.82. The van der Waals surface area contributed by atoms with Crippen LogP contribution in [0.25, 0.3) is 22.5 Å². The minimum absolute atomic E-state index is 0.0411. The molecule has 0 spiro atoms. The topological polar surface area (TPSA) is 185 Å². The lowest BCUT2D eigenvalue weighted by molar-refractivity contribution is 0.0139. The van der Waals surface area contributed by atoms with Crippen LogP contribution in [0.2, 0.25) is 0 Å². The van der Waals surface area contributed by atoms with Crippen molar-refractivity contribution in [2.75, 3.05) is 47.5 Å². The van der Waals surface area contributed by atoms with Crippen molar-refractivity contribution in [3.8, 4) is 39.8 Å². The molecule has 1 aromatic heterocycles. The molecule has 1 unspecified atom stereocenters. The Bertz CT molecular complexity index is 3000. The van der Waals surface area contributed by atoms with Gasteiger partial charge in [0, 0.05) is 39.3 Å². The summed E-state index contributed by atoms with van der Waals surface area (Å²) in [6.45, 7) is 12.1. The molecule has 0 radical (unpaired) electrons. The Morgan fingerprint density at radius 1 is 0.662 bits per heavy atom. The van der Waals surface area contributed by atoms with Gasteiger partial charge in [-0.25, -0.2) is 22.7 Å². The molecule has 19 heteroatoms. The SMILES string of the molecule is COc1ccc(CN(Cc2ccc(OC)cc2)S(=O)(=O)c2c(S(=O)C3CN(C(=O)OC(C)(C)C)C3)ccc(-c3ccc(C4CCN(C(=O)OC(C)(C)C)CC4)cc3)c2-c2nnnn2Cc2ccc(OC)cc2)cc1. The lowest BCUT2D eigenvalue weighted by Crippen LogP contribution is -2.56.